The molecule has 2 aliphatic rings. The Labute approximate surface area is 227 Å². The molecule has 0 bridgehead atoms. The van der Waals surface area contributed by atoms with Crippen LogP contribution in [-0.2, 0) is 5.41 Å². The van der Waals surface area contributed by atoms with Crippen molar-refractivity contribution in [2.45, 2.75) is 5.41 Å². The molecule has 5 aromatic carbocycles. The average molecular weight is 495 g/mol. The zero-order valence-electron chi connectivity index (χ0n) is 21.1. The first kappa shape index (κ1) is 21.8. The van der Waals surface area contributed by atoms with Gasteiger partial charge in [-0.2, -0.15) is 5.26 Å². The third-order valence-corrected chi connectivity index (χ3v) is 8.38. The molecule has 2 nitrogen and oxygen atoms in total. The van der Waals surface area contributed by atoms with Crippen molar-refractivity contribution in [1.82, 2.24) is 4.98 Å². The molecule has 0 amide bonds. The van der Waals surface area contributed by atoms with Gasteiger partial charge in [-0.25, -0.2) is 0 Å². The lowest BCUT2D eigenvalue weighted by Gasteiger charge is -2.30. The van der Waals surface area contributed by atoms with Crippen molar-refractivity contribution in [1.29, 1.82) is 5.26 Å². The molecule has 39 heavy (non-hydrogen) atoms. The maximum atomic E-state index is 9.48. The average Bonchev–Trinajstić information content (AvgIpc) is 3.48. The van der Waals surface area contributed by atoms with Crippen LogP contribution in [-0.4, -0.2) is 4.98 Å². The molecule has 0 atom stereocenters. The Morgan fingerprint density at radius 1 is 0.487 bits per heavy atom. The van der Waals surface area contributed by atoms with Crippen LogP contribution in [0.1, 0.15) is 27.8 Å². The van der Waals surface area contributed by atoms with E-state index in [1.54, 1.807) is 12.3 Å². The SMILES string of the molecule is N#Cc1ccnc(-c2ccc3c(c2)-c2cc(-c4ccccc4)ccc2C32c3ccccc3-c3ccccc32)c1. The van der Waals surface area contributed by atoms with E-state index >= 15 is 0 Å². The van der Waals surface area contributed by atoms with Crippen molar-refractivity contribution < 1.29 is 0 Å². The number of aromatic nitrogens is 1. The summed E-state index contributed by atoms with van der Waals surface area (Å²) in [6.45, 7) is 0. The van der Waals surface area contributed by atoms with Crippen LogP contribution in [0.4, 0.5) is 0 Å². The van der Waals surface area contributed by atoms with Gasteiger partial charge in [-0.3, -0.25) is 4.98 Å². The van der Waals surface area contributed by atoms with Gasteiger partial charge in [0, 0.05) is 11.8 Å². The molecule has 1 aromatic heterocycles. The third kappa shape index (κ3) is 2.93. The Bertz CT molecular complexity index is 1930. The summed E-state index contributed by atoms with van der Waals surface area (Å²) < 4.78 is 0. The highest BCUT2D eigenvalue weighted by molar-refractivity contribution is 5.97. The lowest BCUT2D eigenvalue weighted by atomic mass is 9.70. The monoisotopic (exact) mass is 494 g/mol. The fourth-order valence-corrected chi connectivity index (χ4v) is 6.78. The molecule has 0 aliphatic heterocycles. The number of benzene rings is 5. The summed E-state index contributed by atoms with van der Waals surface area (Å²) in [5.74, 6) is 0. The van der Waals surface area contributed by atoms with Crippen LogP contribution in [0, 0.1) is 11.3 Å². The molecule has 0 N–H and O–H groups in total. The van der Waals surface area contributed by atoms with Gasteiger partial charge in [-0.05, 0) is 79.9 Å². The van der Waals surface area contributed by atoms with Gasteiger partial charge in [0.25, 0.3) is 0 Å². The smallest absolute Gasteiger partial charge is 0.0992 e. The molecule has 0 unspecified atom stereocenters. The largest absolute Gasteiger partial charge is 0.256 e. The van der Waals surface area contributed by atoms with Gasteiger partial charge in [0.1, 0.15) is 0 Å². The zero-order valence-corrected chi connectivity index (χ0v) is 21.1. The number of fused-ring (bicyclic) bond motifs is 10. The van der Waals surface area contributed by atoms with Gasteiger partial charge in [0.2, 0.25) is 0 Å². The number of hydrogen-bond acceptors (Lipinski definition) is 2. The molecule has 6 aromatic rings. The predicted octanol–water partition coefficient (Wildman–Crippen LogP) is 8.63. The van der Waals surface area contributed by atoms with Gasteiger partial charge < -0.3 is 0 Å². The molecule has 0 fully saturated rings. The quantitative estimate of drug-likeness (QED) is 0.241. The molecule has 8 rings (SSSR count). The van der Waals surface area contributed by atoms with E-state index in [2.05, 4.69) is 126 Å². The number of hydrogen-bond donors (Lipinski definition) is 0. The zero-order chi connectivity index (χ0) is 26.0. The summed E-state index contributed by atoms with van der Waals surface area (Å²) >= 11 is 0. The minimum atomic E-state index is -0.381. The summed E-state index contributed by atoms with van der Waals surface area (Å²) in [5, 5.41) is 9.48. The molecule has 1 spiro atoms. The molecular weight excluding hydrogens is 472 g/mol. The van der Waals surface area contributed by atoms with E-state index in [1.807, 2.05) is 6.07 Å². The van der Waals surface area contributed by atoms with Gasteiger partial charge in [-0.1, -0.05) is 103 Å². The highest BCUT2D eigenvalue weighted by Gasteiger charge is 2.51. The van der Waals surface area contributed by atoms with E-state index in [0.717, 1.165) is 11.3 Å². The first-order chi connectivity index (χ1) is 19.3. The van der Waals surface area contributed by atoms with E-state index < -0.39 is 0 Å². The first-order valence-electron chi connectivity index (χ1n) is 13.2. The minimum Gasteiger partial charge on any atom is -0.256 e. The Morgan fingerprint density at radius 2 is 1.05 bits per heavy atom. The molecule has 2 aliphatic carbocycles. The second kappa shape index (κ2) is 8.12. The standard InChI is InChI=1S/C37H22N2/c38-23-24-18-19-39-36(20-24)27-15-17-35-31(22-27)30-21-26(25-8-2-1-3-9-25)14-16-34(30)37(35)32-12-6-4-10-28(32)29-11-5-7-13-33(29)37/h1-22H. The number of nitriles is 1. The van der Waals surface area contributed by atoms with Crippen LogP contribution < -0.4 is 0 Å². The summed E-state index contributed by atoms with van der Waals surface area (Å²) in [6.07, 6.45) is 1.72. The fraction of sp³-hybridized carbons (Fsp3) is 0.0270. The van der Waals surface area contributed by atoms with Crippen LogP contribution in [0.25, 0.3) is 44.6 Å². The van der Waals surface area contributed by atoms with Crippen molar-refractivity contribution in [3.05, 3.63) is 161 Å². The highest BCUT2D eigenvalue weighted by atomic mass is 14.7. The maximum Gasteiger partial charge on any atom is 0.0992 e. The summed E-state index contributed by atoms with van der Waals surface area (Å²) in [5.41, 5.74) is 14.8. The van der Waals surface area contributed by atoms with Crippen LogP contribution in [0.2, 0.25) is 0 Å². The normalized spacial score (nSPS) is 13.3. The van der Waals surface area contributed by atoms with Gasteiger partial charge >= 0.3 is 0 Å². The number of nitrogens with zero attached hydrogens (tertiary/aromatic N) is 2. The Hall–Kier alpha value is -5.26. The van der Waals surface area contributed by atoms with E-state index in [4.69, 9.17) is 0 Å². The molecule has 0 radical (unpaired) electrons. The Kier molecular flexibility index (Phi) is 4.54. The second-order valence-corrected chi connectivity index (χ2v) is 10.3. The van der Waals surface area contributed by atoms with Crippen molar-refractivity contribution in [3.63, 3.8) is 0 Å². The van der Waals surface area contributed by atoms with Crippen molar-refractivity contribution in [2.75, 3.05) is 0 Å². The molecule has 0 saturated heterocycles. The minimum absolute atomic E-state index is 0.381. The van der Waals surface area contributed by atoms with Crippen molar-refractivity contribution in [2.24, 2.45) is 0 Å². The van der Waals surface area contributed by atoms with Gasteiger partial charge in [-0.15, -0.1) is 0 Å². The lowest BCUT2D eigenvalue weighted by Crippen LogP contribution is -2.25. The fourth-order valence-electron chi connectivity index (χ4n) is 6.78. The number of pyridine rings is 1. The second-order valence-electron chi connectivity index (χ2n) is 10.3. The highest BCUT2D eigenvalue weighted by Crippen LogP contribution is 2.63. The predicted molar refractivity (Wildman–Crippen MR) is 156 cm³/mol. The van der Waals surface area contributed by atoms with E-state index in [-0.39, 0.29) is 5.41 Å². The third-order valence-electron chi connectivity index (χ3n) is 8.38. The molecule has 180 valence electrons. The van der Waals surface area contributed by atoms with Gasteiger partial charge in [0.05, 0.1) is 22.7 Å². The molecule has 0 saturated carbocycles. The van der Waals surface area contributed by atoms with Gasteiger partial charge in [0.15, 0.2) is 0 Å². The van der Waals surface area contributed by atoms with E-state index in [1.165, 1.54) is 55.6 Å². The summed E-state index contributed by atoms with van der Waals surface area (Å²) in [4.78, 5) is 4.61. The number of rotatable bonds is 2. The molecule has 1 heterocycles. The van der Waals surface area contributed by atoms with Crippen LogP contribution >= 0.6 is 0 Å². The summed E-state index contributed by atoms with van der Waals surface area (Å²) in [7, 11) is 0. The maximum absolute atomic E-state index is 9.48. The van der Waals surface area contributed by atoms with Crippen molar-refractivity contribution >= 4 is 0 Å². The van der Waals surface area contributed by atoms with Crippen LogP contribution in [0.3, 0.4) is 0 Å². The van der Waals surface area contributed by atoms with E-state index in [9.17, 15) is 5.26 Å². The lowest BCUT2D eigenvalue weighted by molar-refractivity contribution is 0.794. The van der Waals surface area contributed by atoms with Crippen LogP contribution in [0.5, 0.6) is 0 Å². The Morgan fingerprint density at radius 3 is 1.72 bits per heavy atom. The van der Waals surface area contributed by atoms with Crippen molar-refractivity contribution in [3.8, 4) is 50.7 Å². The first-order valence-corrected chi connectivity index (χ1v) is 13.2. The molecule has 2 heteroatoms. The van der Waals surface area contributed by atoms with Crippen LogP contribution in [0.15, 0.2) is 134 Å². The van der Waals surface area contributed by atoms with E-state index in [0.29, 0.717) is 5.56 Å². The Balaban J connectivity index is 1.46. The molecular formula is C37H22N2. The summed E-state index contributed by atoms with van der Waals surface area (Å²) in [6, 6.07) is 47.8. The topological polar surface area (TPSA) is 36.7 Å².